The van der Waals surface area contributed by atoms with Gasteiger partial charge in [0.05, 0.1) is 0 Å². The molecule has 0 bridgehead atoms. The Morgan fingerprint density at radius 1 is 1.10 bits per heavy atom. The maximum Gasteiger partial charge on any atom is 0.271 e. The van der Waals surface area contributed by atoms with Crippen molar-refractivity contribution in [3.8, 4) is 5.75 Å². The van der Waals surface area contributed by atoms with Crippen LogP contribution in [0, 0.1) is 5.41 Å². The smallest absolute Gasteiger partial charge is 0.271 e. The minimum absolute atomic E-state index is 0.0305. The van der Waals surface area contributed by atoms with Crippen molar-refractivity contribution in [3.05, 3.63) is 46.4 Å². The molecule has 2 N–H and O–H groups in total. The molecule has 7 heteroatoms. The minimum atomic E-state index is -0.195. The van der Waals surface area contributed by atoms with Crippen molar-refractivity contribution in [1.29, 1.82) is 0 Å². The number of aromatic nitrogens is 1. The van der Waals surface area contributed by atoms with Crippen molar-refractivity contribution in [2.75, 3.05) is 0 Å². The lowest BCUT2D eigenvalue weighted by Crippen LogP contribution is -2.53. The summed E-state index contributed by atoms with van der Waals surface area (Å²) in [6.07, 6.45) is 4.32. The second kappa shape index (κ2) is 10.1. The van der Waals surface area contributed by atoms with Gasteiger partial charge in [0.2, 0.25) is 5.91 Å². The Morgan fingerprint density at radius 2 is 1.77 bits per heavy atom. The van der Waals surface area contributed by atoms with Crippen molar-refractivity contribution in [1.82, 2.24) is 15.6 Å². The molecule has 3 rings (SSSR count). The molecule has 1 aliphatic carbocycles. The summed E-state index contributed by atoms with van der Waals surface area (Å²) < 4.78 is 5.70. The van der Waals surface area contributed by atoms with Crippen molar-refractivity contribution in [3.63, 3.8) is 0 Å². The molecule has 6 nitrogen and oxygen atoms in total. The monoisotopic (exact) mass is 429 g/mol. The third-order valence-electron chi connectivity index (χ3n) is 5.01. The summed E-state index contributed by atoms with van der Waals surface area (Å²) in [5.41, 5.74) is 0.341. The predicted octanol–water partition coefficient (Wildman–Crippen LogP) is 4.32. The number of nitrogens with one attached hydrogen (secondary N) is 2. The van der Waals surface area contributed by atoms with Gasteiger partial charge in [-0.2, -0.15) is 0 Å². The van der Waals surface area contributed by atoms with Crippen LogP contribution in [0.4, 0.5) is 0 Å². The molecule has 1 aliphatic rings. The van der Waals surface area contributed by atoms with E-state index in [2.05, 4.69) is 15.6 Å². The third-order valence-corrected chi connectivity index (χ3v) is 5.83. The molecular formula is C23H31N3O3S. The number of hydrogen-bond donors (Lipinski definition) is 2. The molecule has 1 aromatic carbocycles. The van der Waals surface area contributed by atoms with Crippen LogP contribution >= 0.6 is 11.3 Å². The summed E-state index contributed by atoms with van der Waals surface area (Å²) in [6, 6.07) is 9.44. The summed E-state index contributed by atoms with van der Waals surface area (Å²) in [5, 5.41) is 8.74. The lowest BCUT2D eigenvalue weighted by molar-refractivity contribution is -0.123. The highest BCUT2D eigenvalue weighted by Gasteiger charge is 2.29. The van der Waals surface area contributed by atoms with Crippen molar-refractivity contribution in [2.45, 2.75) is 71.6 Å². The van der Waals surface area contributed by atoms with E-state index in [9.17, 15) is 9.59 Å². The van der Waals surface area contributed by atoms with Gasteiger partial charge < -0.3 is 15.4 Å². The zero-order valence-corrected chi connectivity index (χ0v) is 18.8. The van der Waals surface area contributed by atoms with Crippen LogP contribution in [0.2, 0.25) is 0 Å². The second-order valence-corrected chi connectivity index (χ2v) is 9.95. The second-order valence-electron chi connectivity index (χ2n) is 9.00. The minimum Gasteiger partial charge on any atom is -0.486 e. The van der Waals surface area contributed by atoms with Gasteiger partial charge in [-0.3, -0.25) is 9.59 Å². The van der Waals surface area contributed by atoms with Gasteiger partial charge in [0.1, 0.15) is 23.1 Å². The molecule has 2 amide bonds. The number of hydrogen-bond acceptors (Lipinski definition) is 5. The van der Waals surface area contributed by atoms with Gasteiger partial charge in [-0.05, 0) is 30.4 Å². The van der Waals surface area contributed by atoms with Crippen LogP contribution in [0.3, 0.4) is 0 Å². The number of rotatable bonds is 7. The van der Waals surface area contributed by atoms with E-state index in [4.69, 9.17) is 4.74 Å². The van der Waals surface area contributed by atoms with E-state index < -0.39 is 0 Å². The molecule has 1 heterocycles. The fourth-order valence-electron chi connectivity index (χ4n) is 3.60. The summed E-state index contributed by atoms with van der Waals surface area (Å²) in [7, 11) is 0. The van der Waals surface area contributed by atoms with Gasteiger partial charge in [-0.15, -0.1) is 11.3 Å². The SMILES string of the molecule is CC(C)(C)CC(=O)NC1CCCCC1NC(=O)c1csc(COc2ccccc2)n1. The number of carbonyl (C=O) groups excluding carboxylic acids is 2. The average Bonchev–Trinajstić information content (AvgIpc) is 3.16. The standard InChI is InChI=1S/C23H31N3O3S/c1-23(2,3)13-20(27)24-17-11-7-8-12-18(17)26-22(28)19-15-30-21(25-19)14-29-16-9-5-4-6-10-16/h4-6,9-10,15,17-18H,7-8,11-14H2,1-3H3,(H,24,27)(H,26,28). The quantitative estimate of drug-likeness (QED) is 0.687. The normalized spacial score (nSPS) is 19.2. The van der Waals surface area contributed by atoms with Crippen LogP contribution < -0.4 is 15.4 Å². The molecular weight excluding hydrogens is 398 g/mol. The Morgan fingerprint density at radius 3 is 2.43 bits per heavy atom. The molecule has 0 aliphatic heterocycles. The number of ether oxygens (including phenoxy) is 1. The van der Waals surface area contributed by atoms with E-state index in [1.807, 2.05) is 51.1 Å². The highest BCUT2D eigenvalue weighted by atomic mass is 32.1. The zero-order valence-electron chi connectivity index (χ0n) is 17.9. The van der Waals surface area contributed by atoms with Crippen molar-refractivity contribution < 1.29 is 14.3 Å². The largest absolute Gasteiger partial charge is 0.486 e. The van der Waals surface area contributed by atoms with Crippen molar-refractivity contribution >= 4 is 23.2 Å². The van der Waals surface area contributed by atoms with Gasteiger partial charge in [-0.1, -0.05) is 51.8 Å². The van der Waals surface area contributed by atoms with Gasteiger partial charge in [0, 0.05) is 23.9 Å². The molecule has 2 atom stereocenters. The molecule has 162 valence electrons. The Kier molecular flexibility index (Phi) is 7.48. The first-order valence-corrected chi connectivity index (χ1v) is 11.4. The Bertz CT molecular complexity index is 845. The average molecular weight is 430 g/mol. The number of benzene rings is 1. The van der Waals surface area contributed by atoms with E-state index in [1.54, 1.807) is 5.38 Å². The lowest BCUT2D eigenvalue weighted by atomic mass is 9.88. The fourth-order valence-corrected chi connectivity index (χ4v) is 4.29. The van der Waals surface area contributed by atoms with Crippen LogP contribution in [-0.4, -0.2) is 28.9 Å². The topological polar surface area (TPSA) is 80.3 Å². The zero-order chi connectivity index (χ0) is 21.6. The molecule has 30 heavy (non-hydrogen) atoms. The number of carbonyl (C=O) groups is 2. The summed E-state index contributed by atoms with van der Waals surface area (Å²) in [5.74, 6) is 0.622. The molecule has 2 unspecified atom stereocenters. The maximum absolute atomic E-state index is 12.7. The fraction of sp³-hybridized carbons (Fsp3) is 0.522. The van der Waals surface area contributed by atoms with E-state index in [0.717, 1.165) is 36.4 Å². The number of para-hydroxylation sites is 1. The Labute approximate surface area is 182 Å². The third kappa shape index (κ3) is 6.83. The van der Waals surface area contributed by atoms with Crippen LogP contribution in [0.25, 0.3) is 0 Å². The first kappa shape index (κ1) is 22.3. The predicted molar refractivity (Wildman–Crippen MR) is 119 cm³/mol. The van der Waals surface area contributed by atoms with Crippen LogP contribution in [0.1, 0.15) is 68.4 Å². The van der Waals surface area contributed by atoms with Gasteiger partial charge in [-0.25, -0.2) is 4.98 Å². The van der Waals surface area contributed by atoms with Crippen LogP contribution in [-0.2, 0) is 11.4 Å². The molecule has 0 spiro atoms. The van der Waals surface area contributed by atoms with E-state index in [-0.39, 0.29) is 29.3 Å². The number of nitrogens with zero attached hydrogens (tertiary/aromatic N) is 1. The van der Waals surface area contributed by atoms with Gasteiger partial charge in [0.15, 0.2) is 0 Å². The summed E-state index contributed by atoms with van der Waals surface area (Å²) in [4.78, 5) is 29.5. The molecule has 1 fully saturated rings. The highest BCUT2D eigenvalue weighted by Crippen LogP contribution is 2.22. The summed E-state index contributed by atoms with van der Waals surface area (Å²) in [6.45, 7) is 6.48. The first-order chi connectivity index (χ1) is 14.3. The molecule has 1 saturated carbocycles. The Hall–Kier alpha value is -2.41. The van der Waals surface area contributed by atoms with E-state index in [0.29, 0.717) is 18.7 Å². The molecule has 1 aromatic heterocycles. The van der Waals surface area contributed by atoms with Crippen LogP contribution in [0.5, 0.6) is 5.75 Å². The highest BCUT2D eigenvalue weighted by molar-refractivity contribution is 7.09. The maximum atomic E-state index is 12.7. The summed E-state index contributed by atoms with van der Waals surface area (Å²) >= 11 is 1.41. The lowest BCUT2D eigenvalue weighted by Gasteiger charge is -2.33. The molecule has 0 saturated heterocycles. The number of thiazole rings is 1. The van der Waals surface area contributed by atoms with E-state index in [1.165, 1.54) is 11.3 Å². The van der Waals surface area contributed by atoms with Gasteiger partial charge in [0.25, 0.3) is 5.91 Å². The number of amides is 2. The molecule has 2 aromatic rings. The Balaban J connectivity index is 1.54. The van der Waals surface area contributed by atoms with Gasteiger partial charge >= 0.3 is 0 Å². The van der Waals surface area contributed by atoms with Crippen molar-refractivity contribution in [2.24, 2.45) is 5.41 Å². The molecule has 0 radical (unpaired) electrons. The first-order valence-electron chi connectivity index (χ1n) is 10.5. The van der Waals surface area contributed by atoms with Crippen LogP contribution in [0.15, 0.2) is 35.7 Å². The van der Waals surface area contributed by atoms with E-state index >= 15 is 0 Å².